The summed E-state index contributed by atoms with van der Waals surface area (Å²) in [7, 11) is 0. The molecular formula is C14H16N4O4S. The summed E-state index contributed by atoms with van der Waals surface area (Å²) in [5.74, 6) is -1.48. The molecule has 8 nitrogen and oxygen atoms in total. The van der Waals surface area contributed by atoms with Crippen molar-refractivity contribution in [2.75, 3.05) is 18.8 Å². The summed E-state index contributed by atoms with van der Waals surface area (Å²) in [6.45, 7) is 0.812. The van der Waals surface area contributed by atoms with Crippen molar-refractivity contribution >= 4 is 29.5 Å². The van der Waals surface area contributed by atoms with Crippen LogP contribution in [0.4, 0.5) is 0 Å². The number of carboxylic acids is 1. The van der Waals surface area contributed by atoms with Gasteiger partial charge < -0.3 is 21.5 Å². The first kappa shape index (κ1) is 15.6. The lowest BCUT2D eigenvalue weighted by molar-refractivity contribution is -0.148. The molecule has 9 heteroatoms. The van der Waals surface area contributed by atoms with E-state index in [-0.39, 0.29) is 17.0 Å². The zero-order valence-electron chi connectivity index (χ0n) is 12.1. The van der Waals surface area contributed by atoms with E-state index in [9.17, 15) is 19.5 Å². The smallest absolute Gasteiger partial charge is 0.352 e. The van der Waals surface area contributed by atoms with Crippen LogP contribution in [0.15, 0.2) is 35.2 Å². The first-order valence-electron chi connectivity index (χ1n) is 6.98. The van der Waals surface area contributed by atoms with Crippen molar-refractivity contribution in [1.29, 1.82) is 0 Å². The van der Waals surface area contributed by atoms with Gasteiger partial charge in [0.2, 0.25) is 11.8 Å². The summed E-state index contributed by atoms with van der Waals surface area (Å²) in [4.78, 5) is 37.7. The van der Waals surface area contributed by atoms with E-state index in [2.05, 4.69) is 0 Å². The fourth-order valence-corrected chi connectivity index (χ4v) is 4.06. The number of rotatable bonds is 4. The lowest BCUT2D eigenvalue weighted by atomic mass is 10.0. The van der Waals surface area contributed by atoms with Gasteiger partial charge in [0, 0.05) is 30.6 Å². The van der Waals surface area contributed by atoms with Gasteiger partial charge in [0.1, 0.15) is 17.1 Å². The Balaban J connectivity index is 1.79. The largest absolute Gasteiger partial charge is 0.477 e. The molecule has 3 aliphatic heterocycles. The van der Waals surface area contributed by atoms with Crippen molar-refractivity contribution in [3.63, 3.8) is 0 Å². The van der Waals surface area contributed by atoms with Crippen LogP contribution >= 0.6 is 11.8 Å². The minimum absolute atomic E-state index is 0.0264. The van der Waals surface area contributed by atoms with Crippen LogP contribution in [0.1, 0.15) is 0 Å². The second-order valence-electron chi connectivity index (χ2n) is 5.46. The number of nitrogens with two attached hydrogens (primary N) is 2. The molecule has 1 fully saturated rings. The van der Waals surface area contributed by atoms with E-state index in [1.54, 1.807) is 18.4 Å². The molecule has 1 saturated heterocycles. The predicted octanol–water partition coefficient (Wildman–Crippen LogP) is -1.19. The van der Waals surface area contributed by atoms with Gasteiger partial charge in [-0.3, -0.25) is 14.5 Å². The van der Waals surface area contributed by atoms with Crippen LogP contribution in [0.3, 0.4) is 0 Å². The van der Waals surface area contributed by atoms with Crippen molar-refractivity contribution in [3.05, 3.63) is 35.2 Å². The van der Waals surface area contributed by atoms with E-state index in [0.717, 1.165) is 0 Å². The maximum atomic E-state index is 11.9. The van der Waals surface area contributed by atoms with Crippen LogP contribution in [0, 0.1) is 0 Å². The minimum atomic E-state index is -1.13. The Morgan fingerprint density at radius 1 is 1.43 bits per heavy atom. The second kappa shape index (κ2) is 5.74. The van der Waals surface area contributed by atoms with Crippen molar-refractivity contribution < 1.29 is 19.5 Å². The van der Waals surface area contributed by atoms with Crippen molar-refractivity contribution in [2.24, 2.45) is 11.5 Å². The SMILES string of the molecule is NC(=O)C1=CCN(CC2=C(C(=O)O)N3C(=O)C(N)C3SC2)C=C1. The topological polar surface area (TPSA) is 130 Å². The van der Waals surface area contributed by atoms with E-state index >= 15 is 0 Å². The quantitative estimate of drug-likeness (QED) is 0.550. The minimum Gasteiger partial charge on any atom is -0.477 e. The fraction of sp³-hybridized carbons (Fsp3) is 0.357. The zero-order chi connectivity index (χ0) is 16.7. The molecule has 0 spiro atoms. The highest BCUT2D eigenvalue weighted by molar-refractivity contribution is 8.00. The van der Waals surface area contributed by atoms with Gasteiger partial charge in [-0.15, -0.1) is 11.8 Å². The standard InChI is InChI=1S/C14H16N4O4S/c15-9-12(20)18-10(14(21)22)8(6-23-13(9)18)5-17-3-1-7(2-4-17)11(16)19/h1-3,9,13H,4-6,15H2,(H2,16,19)(H,21,22). The van der Waals surface area contributed by atoms with Crippen LogP contribution in [0.2, 0.25) is 0 Å². The molecule has 0 saturated carbocycles. The molecule has 0 aliphatic carbocycles. The number of hydrogen-bond donors (Lipinski definition) is 3. The number of hydrogen-bond acceptors (Lipinski definition) is 6. The van der Waals surface area contributed by atoms with Gasteiger partial charge in [0.25, 0.3) is 0 Å². The van der Waals surface area contributed by atoms with Crippen LogP contribution in [0.25, 0.3) is 0 Å². The molecule has 3 rings (SSSR count). The third-order valence-electron chi connectivity index (χ3n) is 3.98. The molecule has 0 aromatic heterocycles. The number of carboxylic acid groups (broad SMARTS) is 1. The normalized spacial score (nSPS) is 26.7. The molecule has 2 amide bonds. The highest BCUT2D eigenvalue weighted by atomic mass is 32.2. The Labute approximate surface area is 136 Å². The number of nitrogens with zero attached hydrogens (tertiary/aromatic N) is 2. The molecule has 122 valence electrons. The van der Waals surface area contributed by atoms with Crippen LogP contribution < -0.4 is 11.5 Å². The zero-order valence-corrected chi connectivity index (χ0v) is 13.0. The van der Waals surface area contributed by atoms with E-state index in [1.165, 1.54) is 16.7 Å². The van der Waals surface area contributed by atoms with Crippen molar-refractivity contribution in [1.82, 2.24) is 9.80 Å². The van der Waals surface area contributed by atoms with E-state index in [4.69, 9.17) is 11.5 Å². The number of thioether (sulfide) groups is 1. The summed E-state index contributed by atoms with van der Waals surface area (Å²) in [6, 6.07) is -0.633. The monoisotopic (exact) mass is 336 g/mol. The molecule has 0 bridgehead atoms. The maximum Gasteiger partial charge on any atom is 0.352 e. The summed E-state index contributed by atoms with van der Waals surface area (Å²) < 4.78 is 0. The Hall–Kier alpha value is -2.26. The predicted molar refractivity (Wildman–Crippen MR) is 83.7 cm³/mol. The number of aliphatic carboxylic acids is 1. The molecule has 0 aromatic carbocycles. The molecular weight excluding hydrogens is 320 g/mol. The number of fused-ring (bicyclic) bond motifs is 1. The summed E-state index contributed by atoms with van der Waals surface area (Å²) in [5, 5.41) is 9.17. The molecule has 3 aliphatic rings. The van der Waals surface area contributed by atoms with Gasteiger partial charge in [-0.05, 0) is 11.6 Å². The third kappa shape index (κ3) is 2.62. The highest BCUT2D eigenvalue weighted by Gasteiger charge is 2.51. The number of β-lactam (4-membered cyclic amide) rings is 1. The number of primary amides is 1. The molecule has 3 heterocycles. The fourth-order valence-electron chi connectivity index (χ4n) is 2.78. The Bertz CT molecular complexity index is 684. The second-order valence-corrected chi connectivity index (χ2v) is 6.57. The molecule has 5 N–H and O–H groups in total. The Morgan fingerprint density at radius 3 is 2.74 bits per heavy atom. The number of carbonyl (C=O) groups excluding carboxylic acids is 2. The van der Waals surface area contributed by atoms with E-state index in [0.29, 0.717) is 30.0 Å². The molecule has 0 aromatic rings. The first-order chi connectivity index (χ1) is 10.9. The van der Waals surface area contributed by atoms with Gasteiger partial charge >= 0.3 is 5.97 Å². The van der Waals surface area contributed by atoms with E-state index < -0.39 is 17.9 Å². The van der Waals surface area contributed by atoms with Crippen LogP contribution in [-0.4, -0.2) is 62.9 Å². The maximum absolute atomic E-state index is 11.9. The average Bonchev–Trinajstić information content (AvgIpc) is 2.53. The van der Waals surface area contributed by atoms with Crippen molar-refractivity contribution in [2.45, 2.75) is 11.4 Å². The Morgan fingerprint density at radius 2 is 2.17 bits per heavy atom. The van der Waals surface area contributed by atoms with Crippen LogP contribution in [-0.2, 0) is 14.4 Å². The van der Waals surface area contributed by atoms with Crippen LogP contribution in [0.5, 0.6) is 0 Å². The summed E-state index contributed by atoms with van der Waals surface area (Å²) >= 11 is 1.47. The van der Waals surface area contributed by atoms with Gasteiger partial charge in [-0.25, -0.2) is 4.79 Å². The summed E-state index contributed by atoms with van der Waals surface area (Å²) in [6.07, 6.45) is 4.98. The Kier molecular flexibility index (Phi) is 3.90. The van der Waals surface area contributed by atoms with Gasteiger partial charge in [-0.2, -0.15) is 0 Å². The summed E-state index contributed by atoms with van der Waals surface area (Å²) in [5.41, 5.74) is 12.0. The molecule has 2 atom stereocenters. The van der Waals surface area contributed by atoms with Crippen molar-refractivity contribution in [3.8, 4) is 0 Å². The lowest BCUT2D eigenvalue weighted by Gasteiger charge is -2.48. The molecule has 2 unspecified atom stereocenters. The third-order valence-corrected chi connectivity index (χ3v) is 5.34. The van der Waals surface area contributed by atoms with Gasteiger partial charge in [-0.1, -0.05) is 6.08 Å². The number of carbonyl (C=O) groups is 3. The van der Waals surface area contributed by atoms with E-state index in [1.807, 2.05) is 4.90 Å². The molecule has 23 heavy (non-hydrogen) atoms. The van der Waals surface area contributed by atoms with Gasteiger partial charge in [0.05, 0.1) is 0 Å². The molecule has 0 radical (unpaired) electrons. The lowest BCUT2D eigenvalue weighted by Crippen LogP contribution is -2.68. The number of amides is 2. The first-order valence-corrected chi connectivity index (χ1v) is 8.03. The highest BCUT2D eigenvalue weighted by Crippen LogP contribution is 2.39. The average molecular weight is 336 g/mol. The van der Waals surface area contributed by atoms with Gasteiger partial charge in [0.15, 0.2) is 0 Å².